The second kappa shape index (κ2) is 4.90. The summed E-state index contributed by atoms with van der Waals surface area (Å²) in [7, 11) is 3.54. The van der Waals surface area contributed by atoms with Crippen LogP contribution in [0.3, 0.4) is 0 Å². The van der Waals surface area contributed by atoms with Crippen LogP contribution in [0, 0.1) is 5.92 Å². The van der Waals surface area contributed by atoms with E-state index in [1.807, 2.05) is 6.92 Å². The van der Waals surface area contributed by atoms with E-state index in [2.05, 4.69) is 0 Å². The Kier molecular flexibility index (Phi) is 4.98. The fraction of sp³-hybridized carbons (Fsp3) is 0.833. The average molecular weight is 257 g/mol. The summed E-state index contributed by atoms with van der Waals surface area (Å²) in [6, 6.07) is 0. The number of halogens is 1. The Hall–Kier alpha value is 0.160. The summed E-state index contributed by atoms with van der Waals surface area (Å²) in [6.07, 6.45) is 0. The molecule has 0 aliphatic carbocycles. The number of nitrogens with zero attached hydrogens (tertiary/aromatic N) is 1. The Labute approximate surface area is 72.6 Å². The molecule has 1 amide bonds. The first kappa shape index (κ1) is 10.2. The van der Waals surface area contributed by atoms with E-state index >= 15 is 0 Å². The van der Waals surface area contributed by atoms with Gasteiger partial charge in [0.2, 0.25) is 0 Å². The number of carbonyl (C=O) groups excluding carboxylic acids is 1. The van der Waals surface area contributed by atoms with Crippen LogP contribution in [0.2, 0.25) is 0 Å². The molecule has 1 atom stereocenters. The molecule has 0 spiro atoms. The quantitative estimate of drug-likeness (QED) is 0.326. The summed E-state index contributed by atoms with van der Waals surface area (Å²) >= 11 is -0.239. The van der Waals surface area contributed by atoms with Crippen LogP contribution in [0.1, 0.15) is 6.92 Å². The Balaban J connectivity index is 3.71. The molecule has 0 aromatic rings. The number of nitrogens with two attached hydrogens (primary N) is 1. The van der Waals surface area contributed by atoms with Gasteiger partial charge in [0.15, 0.2) is 0 Å². The fourth-order valence-corrected chi connectivity index (χ4v) is 1.78. The first-order valence-electron chi connectivity index (χ1n) is 3.08. The second-order valence-corrected chi connectivity index (χ2v) is 4.20. The maximum absolute atomic E-state index is 11.1. The van der Waals surface area contributed by atoms with Crippen molar-refractivity contribution in [1.29, 1.82) is 0 Å². The van der Waals surface area contributed by atoms with Crippen LogP contribution in [0.4, 0.5) is 0 Å². The molecule has 0 aromatic heterocycles. The predicted molar refractivity (Wildman–Crippen MR) is 36.9 cm³/mol. The molecule has 62 valence electrons. The van der Waals surface area contributed by atoms with E-state index in [-0.39, 0.29) is 33.3 Å². The van der Waals surface area contributed by atoms with Crippen molar-refractivity contribution in [3.63, 3.8) is 0 Å². The summed E-state index contributed by atoms with van der Waals surface area (Å²) in [5, 5.41) is 0. The van der Waals surface area contributed by atoms with Gasteiger partial charge in [-0.25, -0.2) is 0 Å². The third-order valence-electron chi connectivity index (χ3n) is 1.18. The van der Waals surface area contributed by atoms with Crippen molar-refractivity contribution >= 4 is 5.91 Å². The summed E-state index contributed by atoms with van der Waals surface area (Å²) in [4.78, 5) is 12.7. The van der Waals surface area contributed by atoms with Crippen molar-refractivity contribution in [2.24, 2.45) is 9.86 Å². The van der Waals surface area contributed by atoms with E-state index in [1.165, 1.54) is 0 Å². The molecule has 0 saturated heterocycles. The molecule has 0 heterocycles. The predicted octanol–water partition coefficient (Wildman–Crippen LogP) is -3.33. The molecule has 0 radical (unpaired) electrons. The van der Waals surface area contributed by atoms with Crippen molar-refractivity contribution in [2.45, 2.75) is 6.92 Å². The monoisotopic (exact) mass is 257 g/mol. The molecule has 10 heavy (non-hydrogen) atoms. The third-order valence-corrected chi connectivity index (χ3v) is 3.01. The standard InChI is InChI=1S/C6H14IN2O/c1-5(4-7-8)6(10)9(2)3/h5H,4,8H2,1-3H3/q-1/t5-/m1/s1. The molecule has 2 N–H and O–H groups in total. The van der Waals surface area contributed by atoms with E-state index in [4.69, 9.17) is 3.95 Å². The number of rotatable bonds is 3. The van der Waals surface area contributed by atoms with Gasteiger partial charge in [-0.15, -0.1) is 0 Å². The molecule has 0 fully saturated rings. The van der Waals surface area contributed by atoms with Crippen LogP contribution < -0.4 is 25.4 Å². The number of hydrogen-bond donors (Lipinski definition) is 1. The second-order valence-electron chi connectivity index (χ2n) is 2.44. The molecule has 0 unspecified atom stereocenters. The molecule has 0 bridgehead atoms. The van der Waals surface area contributed by atoms with E-state index in [1.54, 1.807) is 19.0 Å². The third kappa shape index (κ3) is 3.36. The van der Waals surface area contributed by atoms with Gasteiger partial charge in [-0.1, -0.05) is 0 Å². The molecule has 0 aromatic carbocycles. The van der Waals surface area contributed by atoms with Gasteiger partial charge in [0, 0.05) is 0 Å². The summed E-state index contributed by atoms with van der Waals surface area (Å²) in [5.41, 5.74) is 0. The van der Waals surface area contributed by atoms with E-state index in [9.17, 15) is 4.79 Å². The van der Waals surface area contributed by atoms with Gasteiger partial charge in [-0.2, -0.15) is 0 Å². The van der Waals surface area contributed by atoms with Gasteiger partial charge < -0.3 is 0 Å². The minimum absolute atomic E-state index is 0.118. The van der Waals surface area contributed by atoms with Crippen LogP contribution in [-0.4, -0.2) is 29.3 Å². The fourth-order valence-electron chi connectivity index (χ4n) is 0.640. The van der Waals surface area contributed by atoms with Crippen molar-refractivity contribution in [3.05, 3.63) is 0 Å². The zero-order valence-electron chi connectivity index (χ0n) is 6.60. The first-order chi connectivity index (χ1) is 4.59. The van der Waals surface area contributed by atoms with E-state index in [0.29, 0.717) is 0 Å². The van der Waals surface area contributed by atoms with E-state index < -0.39 is 0 Å². The number of hydrogen-bond acceptors (Lipinski definition) is 2. The molecule has 4 heteroatoms. The van der Waals surface area contributed by atoms with Gasteiger partial charge in [-0.3, -0.25) is 0 Å². The van der Waals surface area contributed by atoms with Crippen molar-refractivity contribution in [2.75, 3.05) is 18.5 Å². The Bertz CT molecular complexity index is 116. The van der Waals surface area contributed by atoms with Crippen LogP contribution >= 0.6 is 0 Å². The first-order valence-corrected chi connectivity index (χ1v) is 5.85. The van der Waals surface area contributed by atoms with Crippen LogP contribution in [0.15, 0.2) is 0 Å². The molecule has 3 nitrogen and oxygen atoms in total. The number of alkyl halides is 1. The van der Waals surface area contributed by atoms with Crippen molar-refractivity contribution in [3.8, 4) is 0 Å². The summed E-state index contributed by atoms with van der Waals surface area (Å²) in [6.45, 7) is 1.93. The molecular weight excluding hydrogens is 243 g/mol. The Morgan fingerprint density at radius 2 is 2.20 bits per heavy atom. The van der Waals surface area contributed by atoms with E-state index in [0.717, 1.165) is 4.43 Å². The normalized spacial score (nSPS) is 13.2. The van der Waals surface area contributed by atoms with Gasteiger partial charge >= 0.3 is 72.4 Å². The van der Waals surface area contributed by atoms with Crippen LogP contribution in [0.5, 0.6) is 0 Å². The average Bonchev–Trinajstić information content (AvgIpc) is 1.87. The van der Waals surface area contributed by atoms with Gasteiger partial charge in [-0.05, 0) is 0 Å². The SMILES string of the molecule is C[C@H](C[I-]N)C(=O)N(C)C. The van der Waals surface area contributed by atoms with Gasteiger partial charge in [0.1, 0.15) is 0 Å². The molecule has 0 saturated carbocycles. The number of carbonyl (C=O) groups is 1. The zero-order chi connectivity index (χ0) is 8.15. The molecule has 0 aliphatic heterocycles. The van der Waals surface area contributed by atoms with Gasteiger partial charge in [0.25, 0.3) is 0 Å². The van der Waals surface area contributed by atoms with Crippen molar-refractivity contribution < 1.29 is 26.3 Å². The number of amides is 1. The Morgan fingerprint density at radius 3 is 2.50 bits per heavy atom. The molecule has 0 rings (SSSR count). The minimum atomic E-state index is -0.239. The summed E-state index contributed by atoms with van der Waals surface area (Å²) < 4.78 is 6.29. The molecular formula is C6H14IN2O-. The van der Waals surface area contributed by atoms with Crippen molar-refractivity contribution in [1.82, 2.24) is 4.90 Å². The Morgan fingerprint density at radius 1 is 1.70 bits per heavy atom. The van der Waals surface area contributed by atoms with Gasteiger partial charge in [0.05, 0.1) is 0 Å². The maximum atomic E-state index is 11.1. The molecule has 0 aliphatic rings. The van der Waals surface area contributed by atoms with Crippen LogP contribution in [0.25, 0.3) is 0 Å². The van der Waals surface area contributed by atoms with Crippen LogP contribution in [-0.2, 0) is 4.79 Å². The zero-order valence-corrected chi connectivity index (χ0v) is 8.75. The summed E-state index contributed by atoms with van der Waals surface area (Å²) in [5.74, 6) is 0.304. The topological polar surface area (TPSA) is 46.3 Å².